The standard InChI is InChI=1S/C23H18F3N5O3/c1-27-20(32)13-33-16-7-8-19-18(11-16)22(31-21(30-19)14-4-3-9-28-12-14)29-15-5-2-6-17(10-15)34-23(24,25)26/h2-12H,13H2,1H3,(H,27,32)(H,29,30,31). The van der Waals surface area contributed by atoms with Crippen molar-refractivity contribution in [3.8, 4) is 22.9 Å². The molecule has 4 aromatic rings. The average Bonchev–Trinajstić information content (AvgIpc) is 2.82. The zero-order valence-electron chi connectivity index (χ0n) is 17.8. The average molecular weight is 469 g/mol. The molecule has 2 heterocycles. The van der Waals surface area contributed by atoms with Crippen molar-refractivity contribution in [3.05, 3.63) is 67.0 Å². The monoisotopic (exact) mass is 469 g/mol. The summed E-state index contributed by atoms with van der Waals surface area (Å²) >= 11 is 0. The Morgan fingerprint density at radius 2 is 1.88 bits per heavy atom. The second-order valence-electron chi connectivity index (χ2n) is 6.98. The molecule has 1 amide bonds. The van der Waals surface area contributed by atoms with Crippen molar-refractivity contribution in [1.82, 2.24) is 20.3 Å². The number of likely N-dealkylation sites (N-methyl/N-ethyl adjacent to an activating group) is 1. The summed E-state index contributed by atoms with van der Waals surface area (Å²) in [5.74, 6) is 0.398. The summed E-state index contributed by atoms with van der Waals surface area (Å²) in [6.45, 7) is -0.184. The highest BCUT2D eigenvalue weighted by Crippen LogP contribution is 2.32. The molecule has 2 N–H and O–H groups in total. The van der Waals surface area contributed by atoms with Crippen molar-refractivity contribution in [2.75, 3.05) is 19.0 Å². The van der Waals surface area contributed by atoms with E-state index in [9.17, 15) is 18.0 Å². The summed E-state index contributed by atoms with van der Waals surface area (Å²) in [5.41, 5.74) is 1.52. The van der Waals surface area contributed by atoms with Gasteiger partial charge in [-0.3, -0.25) is 9.78 Å². The molecule has 0 saturated heterocycles. The summed E-state index contributed by atoms with van der Waals surface area (Å²) < 4.78 is 47.4. The van der Waals surface area contributed by atoms with Gasteiger partial charge in [0.25, 0.3) is 5.91 Å². The second-order valence-corrected chi connectivity index (χ2v) is 6.98. The molecule has 8 nitrogen and oxygen atoms in total. The minimum absolute atomic E-state index is 0.184. The summed E-state index contributed by atoms with van der Waals surface area (Å²) in [6, 6.07) is 13.9. The highest BCUT2D eigenvalue weighted by Gasteiger charge is 2.31. The molecule has 0 aliphatic heterocycles. The van der Waals surface area contributed by atoms with Crippen LogP contribution in [0.5, 0.6) is 11.5 Å². The van der Waals surface area contributed by atoms with Gasteiger partial charge in [0.1, 0.15) is 17.3 Å². The van der Waals surface area contributed by atoms with Crippen molar-refractivity contribution in [2.24, 2.45) is 0 Å². The number of carbonyl (C=O) groups excluding carboxylic acids is 1. The number of ether oxygens (including phenoxy) is 2. The SMILES string of the molecule is CNC(=O)COc1ccc2nc(-c3cccnc3)nc(Nc3cccc(OC(F)(F)F)c3)c2c1. The quantitative estimate of drug-likeness (QED) is 0.412. The normalized spacial score (nSPS) is 11.2. The number of rotatable bonds is 7. The summed E-state index contributed by atoms with van der Waals surface area (Å²) in [6.07, 6.45) is -1.60. The van der Waals surface area contributed by atoms with Crippen LogP contribution in [-0.4, -0.2) is 40.9 Å². The first-order valence-electron chi connectivity index (χ1n) is 9.99. The van der Waals surface area contributed by atoms with E-state index < -0.39 is 6.36 Å². The van der Waals surface area contributed by atoms with Crippen molar-refractivity contribution >= 4 is 28.3 Å². The number of benzene rings is 2. The van der Waals surface area contributed by atoms with Crippen LogP contribution in [0, 0.1) is 0 Å². The third kappa shape index (κ3) is 5.68. The molecule has 0 fully saturated rings. The largest absolute Gasteiger partial charge is 0.573 e. The van der Waals surface area contributed by atoms with Crippen LogP contribution in [-0.2, 0) is 4.79 Å². The van der Waals surface area contributed by atoms with E-state index in [1.54, 1.807) is 48.8 Å². The van der Waals surface area contributed by atoms with Gasteiger partial charge < -0.3 is 20.1 Å². The molecular weight excluding hydrogens is 451 g/mol. The first kappa shape index (κ1) is 22.8. The number of amides is 1. The molecule has 0 aliphatic rings. The van der Waals surface area contributed by atoms with Gasteiger partial charge >= 0.3 is 6.36 Å². The third-order valence-corrected chi connectivity index (χ3v) is 4.57. The molecule has 0 bridgehead atoms. The number of nitrogens with one attached hydrogen (secondary N) is 2. The number of fused-ring (bicyclic) bond motifs is 1. The number of hydrogen-bond acceptors (Lipinski definition) is 7. The molecule has 0 unspecified atom stereocenters. The van der Waals surface area contributed by atoms with E-state index in [1.165, 1.54) is 25.2 Å². The van der Waals surface area contributed by atoms with Gasteiger partial charge in [-0.2, -0.15) is 0 Å². The molecule has 2 aromatic carbocycles. The molecule has 174 valence electrons. The Bertz CT molecular complexity index is 1320. The lowest BCUT2D eigenvalue weighted by atomic mass is 10.2. The highest BCUT2D eigenvalue weighted by atomic mass is 19.4. The van der Waals surface area contributed by atoms with Crippen molar-refractivity contribution in [3.63, 3.8) is 0 Å². The summed E-state index contributed by atoms with van der Waals surface area (Å²) in [5, 5.41) is 6.03. The number of anilines is 2. The number of halogens is 3. The van der Waals surface area contributed by atoms with E-state index >= 15 is 0 Å². The number of carbonyl (C=O) groups is 1. The molecule has 0 saturated carbocycles. The first-order chi connectivity index (χ1) is 16.3. The Kier molecular flexibility index (Phi) is 6.44. The van der Waals surface area contributed by atoms with E-state index in [0.29, 0.717) is 39.5 Å². The highest BCUT2D eigenvalue weighted by molar-refractivity contribution is 5.93. The van der Waals surface area contributed by atoms with Gasteiger partial charge in [0.2, 0.25) is 0 Å². The van der Waals surface area contributed by atoms with Crippen LogP contribution in [0.4, 0.5) is 24.7 Å². The van der Waals surface area contributed by atoms with E-state index in [-0.39, 0.29) is 18.3 Å². The Hall–Kier alpha value is -4.41. The van der Waals surface area contributed by atoms with E-state index in [2.05, 4.69) is 30.3 Å². The van der Waals surface area contributed by atoms with Crippen LogP contribution in [0.2, 0.25) is 0 Å². The van der Waals surface area contributed by atoms with Gasteiger partial charge in [0, 0.05) is 42.1 Å². The summed E-state index contributed by atoms with van der Waals surface area (Å²) in [7, 11) is 1.50. The van der Waals surface area contributed by atoms with Crippen molar-refractivity contribution < 1.29 is 27.4 Å². The Morgan fingerprint density at radius 3 is 2.62 bits per heavy atom. The lowest BCUT2D eigenvalue weighted by molar-refractivity contribution is -0.274. The maximum Gasteiger partial charge on any atom is 0.573 e. The second kappa shape index (κ2) is 9.61. The Balaban J connectivity index is 1.75. The minimum atomic E-state index is -4.81. The lowest BCUT2D eigenvalue weighted by Crippen LogP contribution is -2.24. The van der Waals surface area contributed by atoms with E-state index in [4.69, 9.17) is 4.74 Å². The number of aromatic nitrogens is 3. The van der Waals surface area contributed by atoms with Gasteiger partial charge in [0.05, 0.1) is 5.52 Å². The van der Waals surface area contributed by atoms with Gasteiger partial charge in [-0.05, 0) is 42.5 Å². The van der Waals surface area contributed by atoms with Crippen LogP contribution in [0.1, 0.15) is 0 Å². The molecule has 11 heteroatoms. The van der Waals surface area contributed by atoms with Gasteiger partial charge in [-0.25, -0.2) is 9.97 Å². The Morgan fingerprint density at radius 1 is 1.03 bits per heavy atom. The fourth-order valence-corrected chi connectivity index (χ4v) is 3.05. The predicted octanol–water partition coefficient (Wildman–Crippen LogP) is 4.46. The number of hydrogen-bond donors (Lipinski definition) is 2. The zero-order valence-corrected chi connectivity index (χ0v) is 17.8. The van der Waals surface area contributed by atoms with Crippen molar-refractivity contribution in [2.45, 2.75) is 6.36 Å². The minimum Gasteiger partial charge on any atom is -0.484 e. The lowest BCUT2D eigenvalue weighted by Gasteiger charge is -2.14. The molecule has 0 spiro atoms. The van der Waals surface area contributed by atoms with Crippen molar-refractivity contribution in [1.29, 1.82) is 0 Å². The maximum atomic E-state index is 12.6. The number of pyridine rings is 1. The van der Waals surface area contributed by atoms with Crippen LogP contribution in [0.15, 0.2) is 67.0 Å². The van der Waals surface area contributed by atoms with E-state index in [1.807, 2.05) is 0 Å². The van der Waals surface area contributed by atoms with Gasteiger partial charge in [-0.1, -0.05) is 6.07 Å². The summed E-state index contributed by atoms with van der Waals surface area (Å²) in [4.78, 5) is 24.7. The van der Waals surface area contributed by atoms with Crippen LogP contribution >= 0.6 is 0 Å². The van der Waals surface area contributed by atoms with Crippen LogP contribution in [0.3, 0.4) is 0 Å². The molecule has 4 rings (SSSR count). The van der Waals surface area contributed by atoms with E-state index in [0.717, 1.165) is 0 Å². The molecular formula is C23H18F3N5O3. The van der Waals surface area contributed by atoms with Gasteiger partial charge in [-0.15, -0.1) is 13.2 Å². The molecule has 0 radical (unpaired) electrons. The number of nitrogens with zero attached hydrogens (tertiary/aromatic N) is 3. The maximum absolute atomic E-state index is 12.6. The topological polar surface area (TPSA) is 98.3 Å². The Labute approximate surface area is 191 Å². The first-order valence-corrected chi connectivity index (χ1v) is 9.99. The zero-order chi connectivity index (χ0) is 24.1. The molecule has 2 aromatic heterocycles. The third-order valence-electron chi connectivity index (χ3n) is 4.57. The predicted molar refractivity (Wildman–Crippen MR) is 119 cm³/mol. The molecule has 0 atom stereocenters. The molecule has 0 aliphatic carbocycles. The fourth-order valence-electron chi connectivity index (χ4n) is 3.05. The van der Waals surface area contributed by atoms with Crippen LogP contribution in [0.25, 0.3) is 22.3 Å². The molecule has 34 heavy (non-hydrogen) atoms. The smallest absolute Gasteiger partial charge is 0.484 e. The number of alkyl halides is 3. The van der Waals surface area contributed by atoms with Gasteiger partial charge in [0.15, 0.2) is 12.4 Å². The fraction of sp³-hybridized carbons (Fsp3) is 0.130. The van der Waals surface area contributed by atoms with Crippen LogP contribution < -0.4 is 20.1 Å².